The number of cyclic esters (lactones) is 1. The molecule has 6 atom stereocenters. The van der Waals surface area contributed by atoms with Gasteiger partial charge in [-0.15, -0.1) is 0 Å². The molecule has 0 aromatic heterocycles. The van der Waals surface area contributed by atoms with Crippen molar-refractivity contribution in [1.29, 1.82) is 0 Å². The van der Waals surface area contributed by atoms with Gasteiger partial charge in [0, 0.05) is 5.41 Å². The highest BCUT2D eigenvalue weighted by Gasteiger charge is 2.57. The fraction of sp³-hybridized carbons (Fsp3) is 0.750. The van der Waals surface area contributed by atoms with Crippen molar-refractivity contribution < 1.29 is 24.9 Å². The molecule has 2 saturated carbocycles. The molecule has 1 heterocycles. The van der Waals surface area contributed by atoms with E-state index >= 15 is 0 Å². The zero-order valence-electron chi connectivity index (χ0n) is 15.2. The van der Waals surface area contributed by atoms with Crippen molar-refractivity contribution in [3.63, 3.8) is 0 Å². The van der Waals surface area contributed by atoms with Gasteiger partial charge in [-0.2, -0.15) is 0 Å². The number of fused-ring (bicyclic) bond motifs is 1. The van der Waals surface area contributed by atoms with E-state index in [-0.39, 0.29) is 30.5 Å². The summed E-state index contributed by atoms with van der Waals surface area (Å²) in [7, 11) is 0. The summed E-state index contributed by atoms with van der Waals surface area (Å²) < 4.78 is 4.90. The molecule has 2 aliphatic carbocycles. The van der Waals surface area contributed by atoms with Gasteiger partial charge in [0.25, 0.3) is 0 Å². The Morgan fingerprint density at radius 1 is 1.32 bits per heavy atom. The minimum absolute atomic E-state index is 0.0280. The number of hydrogen-bond acceptors (Lipinski definition) is 5. The van der Waals surface area contributed by atoms with E-state index in [1.165, 1.54) is 0 Å². The number of carbonyl (C=O) groups excluding carboxylic acids is 1. The molecule has 0 aromatic rings. The van der Waals surface area contributed by atoms with E-state index in [2.05, 4.69) is 13.5 Å². The first-order valence-electron chi connectivity index (χ1n) is 9.26. The number of esters is 1. The Morgan fingerprint density at radius 3 is 2.64 bits per heavy atom. The van der Waals surface area contributed by atoms with Crippen LogP contribution in [-0.2, 0) is 9.53 Å². The van der Waals surface area contributed by atoms with Crippen molar-refractivity contribution in [3.05, 3.63) is 23.8 Å². The minimum atomic E-state index is -0.844. The third-order valence-corrected chi connectivity index (χ3v) is 7.23. The van der Waals surface area contributed by atoms with Gasteiger partial charge in [-0.1, -0.05) is 32.1 Å². The van der Waals surface area contributed by atoms with Gasteiger partial charge in [-0.3, -0.25) is 0 Å². The first-order valence-corrected chi connectivity index (χ1v) is 9.26. The smallest absolute Gasteiger partial charge is 0.336 e. The molecular weight excluding hydrogens is 320 g/mol. The summed E-state index contributed by atoms with van der Waals surface area (Å²) in [5.74, 6) is -0.0734. The van der Waals surface area contributed by atoms with E-state index in [9.17, 15) is 20.1 Å². The second kappa shape index (κ2) is 6.53. The Labute approximate surface area is 149 Å². The standard InChI is InChI=1S/C20H30O5/c1-12-4-7-16-19(2,9-8-17(23)20(16,3)11-21)14(12)6-5-13-15(22)10-25-18(13)24/h5,14-17,21-23H,1,4,6-11H2,2-3H3/b13-5+/t14-,15-,16?,17-,19+,20?/m1/s1. The van der Waals surface area contributed by atoms with E-state index in [4.69, 9.17) is 4.74 Å². The maximum Gasteiger partial charge on any atom is 0.336 e. The lowest BCUT2D eigenvalue weighted by atomic mass is 9.46. The molecule has 3 N–H and O–H groups in total. The van der Waals surface area contributed by atoms with Crippen molar-refractivity contribution in [2.45, 2.75) is 58.2 Å². The summed E-state index contributed by atoms with van der Waals surface area (Å²) in [4.78, 5) is 11.8. The predicted molar refractivity (Wildman–Crippen MR) is 93.6 cm³/mol. The molecule has 0 aromatic carbocycles. The Balaban J connectivity index is 1.89. The van der Waals surface area contributed by atoms with Crippen LogP contribution in [0.25, 0.3) is 0 Å². The largest absolute Gasteiger partial charge is 0.459 e. The van der Waals surface area contributed by atoms with E-state index in [1.807, 2.05) is 13.0 Å². The highest BCUT2D eigenvalue weighted by molar-refractivity contribution is 5.91. The first-order chi connectivity index (χ1) is 11.7. The third-order valence-electron chi connectivity index (χ3n) is 7.23. The summed E-state index contributed by atoms with van der Waals surface area (Å²) in [6, 6.07) is 0. The van der Waals surface area contributed by atoms with Gasteiger partial charge < -0.3 is 20.1 Å². The van der Waals surface area contributed by atoms with Crippen molar-refractivity contribution in [2.75, 3.05) is 13.2 Å². The molecule has 3 fully saturated rings. The van der Waals surface area contributed by atoms with Gasteiger partial charge in [0.15, 0.2) is 0 Å². The molecule has 5 nitrogen and oxygen atoms in total. The van der Waals surface area contributed by atoms with Crippen LogP contribution < -0.4 is 0 Å². The van der Waals surface area contributed by atoms with Crippen molar-refractivity contribution in [3.8, 4) is 0 Å². The van der Waals surface area contributed by atoms with Crippen LogP contribution in [0.5, 0.6) is 0 Å². The summed E-state index contributed by atoms with van der Waals surface area (Å²) in [6.07, 6.45) is 4.42. The van der Waals surface area contributed by atoms with Crippen LogP contribution in [0, 0.1) is 22.7 Å². The molecule has 3 rings (SSSR count). The van der Waals surface area contributed by atoms with Crippen LogP contribution >= 0.6 is 0 Å². The van der Waals surface area contributed by atoms with Gasteiger partial charge in [0.1, 0.15) is 12.7 Å². The molecule has 25 heavy (non-hydrogen) atoms. The lowest BCUT2D eigenvalue weighted by molar-refractivity contribution is -0.151. The van der Waals surface area contributed by atoms with Gasteiger partial charge >= 0.3 is 5.97 Å². The molecule has 0 spiro atoms. The molecule has 140 valence electrons. The van der Waals surface area contributed by atoms with Crippen LogP contribution in [0.1, 0.15) is 46.0 Å². The minimum Gasteiger partial charge on any atom is -0.459 e. The number of aliphatic hydroxyl groups is 3. The van der Waals surface area contributed by atoms with Crippen molar-refractivity contribution in [1.82, 2.24) is 0 Å². The van der Waals surface area contributed by atoms with Crippen LogP contribution in [0.3, 0.4) is 0 Å². The molecule has 5 heteroatoms. The molecule has 0 amide bonds. The Morgan fingerprint density at radius 2 is 2.04 bits per heavy atom. The molecular formula is C20H30O5. The Kier molecular flexibility index (Phi) is 4.86. The number of carbonyl (C=O) groups is 1. The maximum absolute atomic E-state index is 11.8. The number of rotatable bonds is 3. The second-order valence-electron chi connectivity index (χ2n) is 8.54. The van der Waals surface area contributed by atoms with Gasteiger partial charge in [0.2, 0.25) is 0 Å². The zero-order chi connectivity index (χ0) is 18.4. The number of hydrogen-bond donors (Lipinski definition) is 3. The van der Waals surface area contributed by atoms with Crippen LogP contribution in [0.2, 0.25) is 0 Å². The normalized spacial score (nSPS) is 46.2. The van der Waals surface area contributed by atoms with E-state index in [1.54, 1.807) is 0 Å². The number of ether oxygens (including phenoxy) is 1. The maximum atomic E-state index is 11.8. The molecule has 1 saturated heterocycles. The SMILES string of the molecule is C=C1CCC2C(C)(CO)[C@H](O)CC[C@@]2(C)[C@@H]1C/C=C1/C(=O)OC[C@H]1O. The Bertz CT molecular complexity index is 597. The van der Waals surface area contributed by atoms with Gasteiger partial charge in [0.05, 0.1) is 18.3 Å². The summed E-state index contributed by atoms with van der Waals surface area (Å²) >= 11 is 0. The monoisotopic (exact) mass is 350 g/mol. The summed E-state index contributed by atoms with van der Waals surface area (Å²) in [5.41, 5.74) is 0.911. The average molecular weight is 350 g/mol. The average Bonchev–Trinajstić information content (AvgIpc) is 2.89. The van der Waals surface area contributed by atoms with E-state index in [0.717, 1.165) is 24.8 Å². The van der Waals surface area contributed by atoms with E-state index in [0.29, 0.717) is 18.4 Å². The van der Waals surface area contributed by atoms with Gasteiger partial charge in [-0.25, -0.2) is 4.79 Å². The van der Waals surface area contributed by atoms with Gasteiger partial charge in [-0.05, 0) is 49.4 Å². The lowest BCUT2D eigenvalue weighted by Gasteiger charge is -2.59. The molecule has 1 aliphatic heterocycles. The predicted octanol–water partition coefficient (Wildman–Crippen LogP) is 1.96. The third kappa shape index (κ3) is 2.86. The lowest BCUT2D eigenvalue weighted by Crippen LogP contribution is -2.57. The molecule has 0 bridgehead atoms. The fourth-order valence-corrected chi connectivity index (χ4v) is 5.56. The number of allylic oxidation sites excluding steroid dienone is 2. The topological polar surface area (TPSA) is 87.0 Å². The quantitative estimate of drug-likeness (QED) is 0.411. The van der Waals surface area contributed by atoms with Crippen LogP contribution in [0.15, 0.2) is 23.8 Å². The zero-order valence-corrected chi connectivity index (χ0v) is 15.2. The Hall–Kier alpha value is -1.17. The fourth-order valence-electron chi connectivity index (χ4n) is 5.56. The molecule has 3 aliphatic rings. The second-order valence-corrected chi connectivity index (χ2v) is 8.54. The summed E-state index contributed by atoms with van der Waals surface area (Å²) in [5, 5.41) is 30.4. The van der Waals surface area contributed by atoms with Crippen LogP contribution in [-0.4, -0.2) is 46.7 Å². The van der Waals surface area contributed by atoms with Crippen LogP contribution in [0.4, 0.5) is 0 Å². The highest BCUT2D eigenvalue weighted by Crippen LogP contribution is 2.61. The molecule has 2 unspecified atom stereocenters. The first kappa shape index (κ1) is 18.6. The number of aliphatic hydroxyl groups excluding tert-OH is 3. The summed E-state index contributed by atoms with van der Waals surface area (Å²) in [6.45, 7) is 8.50. The van der Waals surface area contributed by atoms with Crippen molar-refractivity contribution >= 4 is 5.97 Å². The molecule has 0 radical (unpaired) electrons. The highest BCUT2D eigenvalue weighted by atomic mass is 16.6. The van der Waals surface area contributed by atoms with Crippen molar-refractivity contribution in [2.24, 2.45) is 22.7 Å². The van der Waals surface area contributed by atoms with E-state index < -0.39 is 23.6 Å².